The summed E-state index contributed by atoms with van der Waals surface area (Å²) < 4.78 is 10.9. The summed E-state index contributed by atoms with van der Waals surface area (Å²) in [5.41, 5.74) is 10.1. The molecule has 2 unspecified atom stereocenters. The largest absolute Gasteiger partial charge is 0.443 e. The fourth-order valence-corrected chi connectivity index (χ4v) is 4.54. The van der Waals surface area contributed by atoms with E-state index >= 15 is 0 Å². The molecule has 148 valence electrons. The summed E-state index contributed by atoms with van der Waals surface area (Å²) in [6, 6.07) is 9.77. The number of anilines is 1. The molecule has 0 aliphatic carbocycles. The molecule has 1 saturated heterocycles. The number of nitrogen functional groups attached to an aromatic ring is 1. The summed E-state index contributed by atoms with van der Waals surface area (Å²) in [6.07, 6.45) is -0.915. The molecule has 7 nitrogen and oxygen atoms in total. The molecule has 3 heterocycles. The lowest BCUT2D eigenvalue weighted by Gasteiger charge is -2.21. The van der Waals surface area contributed by atoms with Gasteiger partial charge in [0.25, 0.3) is 0 Å². The van der Waals surface area contributed by atoms with Crippen LogP contribution in [0.3, 0.4) is 0 Å². The average Bonchev–Trinajstić information content (AvgIpc) is 3.13. The van der Waals surface area contributed by atoms with Crippen LogP contribution in [0.2, 0.25) is 5.02 Å². The zero-order valence-corrected chi connectivity index (χ0v) is 16.8. The number of amides is 1. The van der Waals surface area contributed by atoms with Crippen LogP contribution in [-0.2, 0) is 22.7 Å². The summed E-state index contributed by atoms with van der Waals surface area (Å²) in [4.78, 5) is 20.1. The number of carbonyl (C=O) groups is 1. The molecule has 1 fully saturated rings. The van der Waals surface area contributed by atoms with E-state index in [-0.39, 0.29) is 5.95 Å². The molecule has 1 amide bonds. The molecule has 9 heteroatoms. The number of hydrogen-bond donors (Lipinski definition) is 3. The van der Waals surface area contributed by atoms with Gasteiger partial charge in [-0.1, -0.05) is 29.8 Å². The Morgan fingerprint density at radius 3 is 2.86 bits per heavy atom. The monoisotopic (exact) mass is 428 g/mol. The van der Waals surface area contributed by atoms with E-state index < -0.39 is 17.4 Å². The van der Waals surface area contributed by atoms with Gasteiger partial charge < -0.3 is 20.5 Å². The molecule has 0 spiro atoms. The van der Waals surface area contributed by atoms with Gasteiger partial charge in [-0.25, -0.2) is 14.8 Å². The second-order valence-electron chi connectivity index (χ2n) is 7.03. The number of thiol groups is 1. The number of halogens is 1. The molecule has 3 aromatic rings. The van der Waals surface area contributed by atoms with Crippen molar-refractivity contribution in [1.29, 1.82) is 0 Å². The van der Waals surface area contributed by atoms with Crippen LogP contribution in [0, 0.1) is 0 Å². The minimum atomic E-state index is -0.467. The third-order valence-electron chi connectivity index (χ3n) is 5.18. The Kier molecular flexibility index (Phi) is 4.49. The number of nitrogens with zero attached hydrogens (tertiary/aromatic N) is 2. The van der Waals surface area contributed by atoms with E-state index in [1.807, 2.05) is 24.3 Å². The predicted molar refractivity (Wildman–Crippen MR) is 113 cm³/mol. The van der Waals surface area contributed by atoms with Gasteiger partial charge in [-0.2, -0.15) is 12.6 Å². The maximum absolute atomic E-state index is 11.4. The Morgan fingerprint density at radius 1 is 1.24 bits per heavy atom. The molecular formula is C20H17ClN4O3S. The first-order chi connectivity index (χ1) is 14.0. The number of rotatable bonds is 3. The van der Waals surface area contributed by atoms with Gasteiger partial charge in [0, 0.05) is 5.56 Å². The van der Waals surface area contributed by atoms with Crippen molar-refractivity contribution in [2.24, 2.45) is 0 Å². The van der Waals surface area contributed by atoms with E-state index in [4.69, 9.17) is 26.8 Å². The van der Waals surface area contributed by atoms with Crippen LogP contribution in [-0.4, -0.2) is 28.7 Å². The third kappa shape index (κ3) is 3.17. The number of carbonyl (C=O) groups excluding carboxylic acids is 1. The Hall–Kier alpha value is -2.55. The average molecular weight is 429 g/mol. The summed E-state index contributed by atoms with van der Waals surface area (Å²) >= 11 is 11.3. The summed E-state index contributed by atoms with van der Waals surface area (Å²) in [5.74, 6) is 0.105. The molecule has 2 aliphatic heterocycles. The van der Waals surface area contributed by atoms with Crippen LogP contribution >= 0.6 is 24.2 Å². The maximum atomic E-state index is 11.4. The Balaban J connectivity index is 1.66. The number of aromatic nitrogens is 2. The van der Waals surface area contributed by atoms with Crippen LogP contribution in [0.4, 0.5) is 10.7 Å². The molecule has 5 rings (SSSR count). The van der Waals surface area contributed by atoms with Gasteiger partial charge in [0.05, 0.1) is 41.4 Å². The number of cyclic esters (lactones) is 1. The highest BCUT2D eigenvalue weighted by atomic mass is 35.5. The predicted octanol–water partition coefficient (Wildman–Crippen LogP) is 3.64. The smallest absolute Gasteiger partial charge is 0.407 e. The number of nitrogens with one attached hydrogen (secondary N) is 1. The minimum Gasteiger partial charge on any atom is -0.443 e. The van der Waals surface area contributed by atoms with Gasteiger partial charge >= 0.3 is 6.09 Å². The van der Waals surface area contributed by atoms with Crippen molar-refractivity contribution in [3.05, 3.63) is 52.2 Å². The van der Waals surface area contributed by atoms with E-state index in [2.05, 4.69) is 27.9 Å². The lowest BCUT2D eigenvalue weighted by molar-refractivity contribution is 0.103. The molecule has 1 aromatic heterocycles. The Morgan fingerprint density at radius 2 is 2.07 bits per heavy atom. The van der Waals surface area contributed by atoms with Gasteiger partial charge in [0.2, 0.25) is 5.95 Å². The molecule has 0 bridgehead atoms. The van der Waals surface area contributed by atoms with E-state index in [1.165, 1.54) is 0 Å². The highest BCUT2D eigenvalue weighted by Gasteiger charge is 2.31. The minimum absolute atomic E-state index is 0.105. The number of ether oxygens (including phenoxy) is 2. The quantitative estimate of drug-likeness (QED) is 0.551. The first-order valence-corrected chi connectivity index (χ1v) is 9.99. The second kappa shape index (κ2) is 7.05. The van der Waals surface area contributed by atoms with Crippen molar-refractivity contribution < 1.29 is 14.3 Å². The fourth-order valence-electron chi connectivity index (χ4n) is 3.92. The van der Waals surface area contributed by atoms with E-state index in [1.54, 1.807) is 6.07 Å². The first kappa shape index (κ1) is 18.5. The molecule has 29 heavy (non-hydrogen) atoms. The lowest BCUT2D eigenvalue weighted by Crippen LogP contribution is -2.20. The SMILES string of the molecule is Nc1nc(-c2c(Cl)cc3c4c(cccc24)COC3)cc(C(S)C2CNC(=O)O2)n1. The van der Waals surface area contributed by atoms with Crippen LogP contribution in [0.1, 0.15) is 22.1 Å². The third-order valence-corrected chi connectivity index (χ3v) is 6.07. The Labute approximate surface area is 177 Å². The van der Waals surface area contributed by atoms with Crippen molar-refractivity contribution in [2.75, 3.05) is 12.3 Å². The highest BCUT2D eigenvalue weighted by Crippen LogP contribution is 2.41. The van der Waals surface area contributed by atoms with Crippen molar-refractivity contribution in [3.8, 4) is 11.3 Å². The topological polar surface area (TPSA) is 99.4 Å². The van der Waals surface area contributed by atoms with Crippen molar-refractivity contribution >= 4 is 47.0 Å². The number of hydrogen-bond acceptors (Lipinski definition) is 7. The van der Waals surface area contributed by atoms with Crippen LogP contribution in [0.25, 0.3) is 22.0 Å². The fraction of sp³-hybridized carbons (Fsp3) is 0.250. The zero-order valence-electron chi connectivity index (χ0n) is 15.2. The van der Waals surface area contributed by atoms with E-state index in [0.717, 1.165) is 27.5 Å². The van der Waals surface area contributed by atoms with Crippen LogP contribution in [0.5, 0.6) is 0 Å². The molecule has 0 radical (unpaired) electrons. The normalized spacial score (nSPS) is 19.1. The molecule has 2 aliphatic rings. The second-order valence-corrected chi connectivity index (χ2v) is 7.99. The zero-order chi connectivity index (χ0) is 20.1. The van der Waals surface area contributed by atoms with E-state index in [0.29, 0.717) is 36.2 Å². The standard InChI is InChI=1S/C20H17ClN4O3S/c21-12-4-10-8-27-7-9-2-1-3-11(16(9)10)17(12)13-5-14(25-19(22)24-13)18(29)15-6-23-20(26)28-15/h1-5,15,18,29H,6-8H2,(H,23,26)(H2,22,24,25). The molecule has 3 N–H and O–H groups in total. The van der Waals surface area contributed by atoms with Crippen molar-refractivity contribution in [2.45, 2.75) is 24.6 Å². The van der Waals surface area contributed by atoms with Gasteiger partial charge in [-0.3, -0.25) is 0 Å². The molecule has 0 saturated carbocycles. The molecule has 2 atom stereocenters. The number of benzene rings is 2. The lowest BCUT2D eigenvalue weighted by atomic mass is 9.93. The number of alkyl carbamates (subject to hydrolysis) is 1. The Bertz CT molecular complexity index is 1160. The summed E-state index contributed by atoms with van der Waals surface area (Å²) in [6.45, 7) is 1.43. The van der Waals surface area contributed by atoms with Gasteiger partial charge in [-0.15, -0.1) is 0 Å². The van der Waals surface area contributed by atoms with Crippen LogP contribution < -0.4 is 11.1 Å². The highest BCUT2D eigenvalue weighted by molar-refractivity contribution is 7.80. The van der Waals surface area contributed by atoms with Crippen molar-refractivity contribution in [3.63, 3.8) is 0 Å². The van der Waals surface area contributed by atoms with Gasteiger partial charge in [0.15, 0.2) is 0 Å². The first-order valence-electron chi connectivity index (χ1n) is 9.09. The van der Waals surface area contributed by atoms with Gasteiger partial charge in [-0.05, 0) is 34.0 Å². The maximum Gasteiger partial charge on any atom is 0.407 e. The van der Waals surface area contributed by atoms with E-state index in [9.17, 15) is 4.79 Å². The molecular weight excluding hydrogens is 412 g/mol. The molecule has 2 aromatic carbocycles. The summed E-state index contributed by atoms with van der Waals surface area (Å²) in [5, 5.41) is 4.85. The van der Waals surface area contributed by atoms with Gasteiger partial charge in [0.1, 0.15) is 6.10 Å². The van der Waals surface area contributed by atoms with Crippen molar-refractivity contribution in [1.82, 2.24) is 15.3 Å². The number of nitrogens with two attached hydrogens (primary N) is 1. The summed E-state index contributed by atoms with van der Waals surface area (Å²) in [7, 11) is 0. The van der Waals surface area contributed by atoms with Crippen LogP contribution in [0.15, 0.2) is 30.3 Å².